The van der Waals surface area contributed by atoms with Crippen LogP contribution in [0.3, 0.4) is 0 Å². The Balaban J connectivity index is 2.14. The fourth-order valence-corrected chi connectivity index (χ4v) is 2.42. The molecule has 6 heteroatoms. The molecule has 0 unspecified atom stereocenters. The zero-order valence-corrected chi connectivity index (χ0v) is 12.2. The summed E-state index contributed by atoms with van der Waals surface area (Å²) < 4.78 is 1.49. The van der Waals surface area contributed by atoms with Crippen molar-refractivity contribution < 1.29 is 0 Å². The summed E-state index contributed by atoms with van der Waals surface area (Å²) in [5, 5.41) is 18.5. The van der Waals surface area contributed by atoms with Gasteiger partial charge in [0.05, 0.1) is 5.52 Å². The highest BCUT2D eigenvalue weighted by molar-refractivity contribution is 6.35. The molecule has 1 heterocycles. The Morgan fingerprint density at radius 3 is 2.76 bits per heavy atom. The van der Waals surface area contributed by atoms with Crippen molar-refractivity contribution >= 4 is 46.0 Å². The van der Waals surface area contributed by atoms with Crippen molar-refractivity contribution in [1.29, 1.82) is 5.26 Å². The molecule has 21 heavy (non-hydrogen) atoms. The van der Waals surface area contributed by atoms with Crippen LogP contribution in [0.2, 0.25) is 10.0 Å². The third-order valence-corrected chi connectivity index (χ3v) is 3.51. The predicted octanol–water partition coefficient (Wildman–Crippen LogP) is 4.26. The molecular formula is C15H8Cl2N4. The van der Waals surface area contributed by atoms with Gasteiger partial charge in [-0.05, 0) is 35.9 Å². The van der Waals surface area contributed by atoms with Gasteiger partial charge in [0, 0.05) is 10.0 Å². The third kappa shape index (κ3) is 2.62. The molecule has 0 bridgehead atoms. The van der Waals surface area contributed by atoms with E-state index < -0.39 is 0 Å². The summed E-state index contributed by atoms with van der Waals surface area (Å²) in [6.45, 7) is 0. The maximum Gasteiger partial charge on any atom is 0.145 e. The first-order valence-corrected chi connectivity index (χ1v) is 6.82. The Bertz CT molecular complexity index is 890. The lowest BCUT2D eigenvalue weighted by Crippen LogP contribution is -1.97. The van der Waals surface area contributed by atoms with E-state index >= 15 is 0 Å². The van der Waals surface area contributed by atoms with Crippen molar-refractivity contribution in [3.05, 3.63) is 58.1 Å². The fourth-order valence-electron chi connectivity index (χ4n) is 1.95. The molecule has 0 radical (unpaired) electrons. The number of fused-ring (bicyclic) bond motifs is 1. The zero-order valence-electron chi connectivity index (χ0n) is 10.7. The van der Waals surface area contributed by atoms with Crippen LogP contribution in [0.4, 0.5) is 0 Å². The van der Waals surface area contributed by atoms with Gasteiger partial charge in [-0.25, -0.2) is 4.68 Å². The first-order valence-electron chi connectivity index (χ1n) is 6.07. The van der Waals surface area contributed by atoms with Crippen LogP contribution in [0.1, 0.15) is 5.56 Å². The molecule has 3 aromatic rings. The van der Waals surface area contributed by atoms with E-state index in [1.54, 1.807) is 24.3 Å². The Kier molecular flexibility index (Phi) is 3.61. The van der Waals surface area contributed by atoms with Gasteiger partial charge in [0.15, 0.2) is 0 Å². The van der Waals surface area contributed by atoms with Gasteiger partial charge in [0.2, 0.25) is 0 Å². The van der Waals surface area contributed by atoms with E-state index in [0.29, 0.717) is 21.3 Å². The summed E-state index contributed by atoms with van der Waals surface area (Å²) in [6.07, 6.45) is 1.65. The van der Waals surface area contributed by atoms with Crippen LogP contribution >= 0.6 is 23.2 Å². The largest absolute Gasteiger partial charge is 0.202 e. The summed E-state index contributed by atoms with van der Waals surface area (Å²) in [5.74, 6) is 0. The monoisotopic (exact) mass is 314 g/mol. The summed E-state index contributed by atoms with van der Waals surface area (Å²) in [5.41, 5.74) is 2.50. The number of nitriles is 1. The molecule has 0 fully saturated rings. The van der Waals surface area contributed by atoms with Crippen molar-refractivity contribution in [1.82, 2.24) is 15.0 Å². The maximum absolute atomic E-state index is 9.39. The SMILES string of the molecule is N#C/C(=C\c1ccc(Cl)cc1Cl)n1nnc2ccccc21. The minimum atomic E-state index is 0.327. The Morgan fingerprint density at radius 1 is 1.19 bits per heavy atom. The van der Waals surface area contributed by atoms with Crippen LogP contribution in [0.15, 0.2) is 42.5 Å². The number of benzene rings is 2. The fraction of sp³-hybridized carbons (Fsp3) is 0. The summed E-state index contributed by atoms with van der Waals surface area (Å²) in [4.78, 5) is 0. The number of rotatable bonds is 2. The molecule has 0 aliphatic carbocycles. The van der Waals surface area contributed by atoms with E-state index in [0.717, 1.165) is 11.0 Å². The topological polar surface area (TPSA) is 54.5 Å². The quantitative estimate of drug-likeness (QED) is 0.664. The van der Waals surface area contributed by atoms with Gasteiger partial charge in [0.1, 0.15) is 17.3 Å². The van der Waals surface area contributed by atoms with Crippen molar-refractivity contribution in [2.24, 2.45) is 0 Å². The zero-order chi connectivity index (χ0) is 14.8. The molecular weight excluding hydrogens is 307 g/mol. The van der Waals surface area contributed by atoms with Gasteiger partial charge in [-0.15, -0.1) is 5.10 Å². The first-order chi connectivity index (χ1) is 10.2. The predicted molar refractivity (Wildman–Crippen MR) is 83.8 cm³/mol. The number of hydrogen-bond acceptors (Lipinski definition) is 3. The van der Waals surface area contributed by atoms with E-state index in [9.17, 15) is 5.26 Å². The van der Waals surface area contributed by atoms with Crippen LogP contribution in [-0.4, -0.2) is 15.0 Å². The smallest absolute Gasteiger partial charge is 0.145 e. The summed E-state index contributed by atoms with van der Waals surface area (Å²) >= 11 is 12.0. The number of para-hydroxylation sites is 1. The molecule has 0 saturated carbocycles. The average Bonchev–Trinajstić information content (AvgIpc) is 2.91. The molecule has 1 aromatic heterocycles. The van der Waals surface area contributed by atoms with Crippen LogP contribution in [0, 0.1) is 11.3 Å². The Labute approximate surface area is 130 Å². The van der Waals surface area contributed by atoms with E-state index in [1.807, 2.05) is 24.3 Å². The minimum Gasteiger partial charge on any atom is -0.202 e. The highest BCUT2D eigenvalue weighted by atomic mass is 35.5. The second-order valence-corrected chi connectivity index (χ2v) is 5.14. The number of nitrogens with zero attached hydrogens (tertiary/aromatic N) is 4. The lowest BCUT2D eigenvalue weighted by atomic mass is 10.2. The van der Waals surface area contributed by atoms with Crippen molar-refractivity contribution in [3.63, 3.8) is 0 Å². The van der Waals surface area contributed by atoms with Gasteiger partial charge in [0.25, 0.3) is 0 Å². The van der Waals surface area contributed by atoms with E-state index in [-0.39, 0.29) is 0 Å². The second kappa shape index (κ2) is 5.57. The van der Waals surface area contributed by atoms with Crippen molar-refractivity contribution in [2.45, 2.75) is 0 Å². The minimum absolute atomic E-state index is 0.327. The maximum atomic E-state index is 9.39. The van der Waals surface area contributed by atoms with Crippen LogP contribution in [-0.2, 0) is 0 Å². The Hall–Kier alpha value is -2.35. The van der Waals surface area contributed by atoms with Gasteiger partial charge >= 0.3 is 0 Å². The molecule has 102 valence electrons. The Morgan fingerprint density at radius 2 is 2.00 bits per heavy atom. The first kappa shape index (κ1) is 13.6. The van der Waals surface area contributed by atoms with Crippen molar-refractivity contribution in [2.75, 3.05) is 0 Å². The number of hydrogen-bond donors (Lipinski definition) is 0. The summed E-state index contributed by atoms with van der Waals surface area (Å²) in [6, 6.07) is 14.6. The molecule has 2 aromatic carbocycles. The molecule has 0 aliphatic rings. The lowest BCUT2D eigenvalue weighted by molar-refractivity contribution is 0.848. The molecule has 0 N–H and O–H groups in total. The third-order valence-electron chi connectivity index (χ3n) is 2.95. The van der Waals surface area contributed by atoms with Gasteiger partial charge in [-0.1, -0.05) is 46.6 Å². The van der Waals surface area contributed by atoms with Crippen LogP contribution < -0.4 is 0 Å². The van der Waals surface area contributed by atoms with Crippen LogP contribution in [0.5, 0.6) is 0 Å². The van der Waals surface area contributed by atoms with Gasteiger partial charge in [-0.3, -0.25) is 0 Å². The van der Waals surface area contributed by atoms with E-state index in [1.165, 1.54) is 4.68 Å². The normalized spacial score (nSPS) is 11.6. The molecule has 0 amide bonds. The molecule has 4 nitrogen and oxygen atoms in total. The van der Waals surface area contributed by atoms with E-state index in [2.05, 4.69) is 16.4 Å². The van der Waals surface area contributed by atoms with Crippen molar-refractivity contribution in [3.8, 4) is 6.07 Å². The molecule has 0 aliphatic heterocycles. The molecule has 0 atom stereocenters. The molecule has 3 rings (SSSR count). The van der Waals surface area contributed by atoms with E-state index in [4.69, 9.17) is 23.2 Å². The van der Waals surface area contributed by atoms with Gasteiger partial charge in [-0.2, -0.15) is 5.26 Å². The number of allylic oxidation sites excluding steroid dienone is 1. The van der Waals surface area contributed by atoms with Crippen LogP contribution in [0.25, 0.3) is 22.8 Å². The highest BCUT2D eigenvalue weighted by Gasteiger charge is 2.09. The average molecular weight is 315 g/mol. The van der Waals surface area contributed by atoms with Gasteiger partial charge < -0.3 is 0 Å². The number of halogens is 2. The molecule has 0 spiro atoms. The second-order valence-electron chi connectivity index (χ2n) is 4.30. The molecule has 0 saturated heterocycles. The highest BCUT2D eigenvalue weighted by Crippen LogP contribution is 2.24. The standard InChI is InChI=1S/C15H8Cl2N4/c16-11-6-5-10(13(17)8-11)7-12(9-18)21-15-4-2-1-3-14(15)19-20-21/h1-8H/b12-7+. The number of aromatic nitrogens is 3. The lowest BCUT2D eigenvalue weighted by Gasteiger charge is -2.02. The summed E-state index contributed by atoms with van der Waals surface area (Å²) in [7, 11) is 0.